The van der Waals surface area contributed by atoms with Crippen LogP contribution in [0.5, 0.6) is 0 Å². The summed E-state index contributed by atoms with van der Waals surface area (Å²) in [5.41, 5.74) is 4.23. The molecule has 27 heavy (non-hydrogen) atoms. The van der Waals surface area contributed by atoms with Gasteiger partial charge >= 0.3 is 0 Å². The first-order chi connectivity index (χ1) is 12.6. The summed E-state index contributed by atoms with van der Waals surface area (Å²) in [7, 11) is 0. The highest BCUT2D eigenvalue weighted by molar-refractivity contribution is 7.80. The molecule has 1 amide bonds. The number of carbonyl (C=O) groups excluding carboxylic acids is 1. The van der Waals surface area contributed by atoms with Gasteiger partial charge in [-0.1, -0.05) is 65.1 Å². The number of amides is 1. The number of hydrogen-bond donors (Lipinski definition) is 3. The van der Waals surface area contributed by atoms with Crippen molar-refractivity contribution in [1.82, 2.24) is 10.6 Å². The Bertz CT molecular complexity index is 852. The molecule has 0 aliphatic carbocycles. The van der Waals surface area contributed by atoms with Crippen LogP contribution in [-0.2, 0) is 0 Å². The van der Waals surface area contributed by atoms with E-state index in [0.29, 0.717) is 5.56 Å². The van der Waals surface area contributed by atoms with Gasteiger partial charge in [0.25, 0.3) is 5.91 Å². The van der Waals surface area contributed by atoms with Gasteiger partial charge in [-0.2, -0.15) is 0 Å². The first kappa shape index (κ1) is 21.8. The maximum Gasteiger partial charge on any atom is 0.253 e. The third-order valence-electron chi connectivity index (χ3n) is 3.91. The van der Waals surface area contributed by atoms with Gasteiger partial charge < -0.3 is 16.0 Å². The minimum Gasteiger partial charge on any atom is -0.339 e. The van der Waals surface area contributed by atoms with Gasteiger partial charge in [-0.3, -0.25) is 4.79 Å². The SMILES string of the molecule is Cc1ccc(C)c(NC(=S)NC(NC(=O)c2ccccc2C)C(Cl)(Cl)Cl)c1. The Morgan fingerprint density at radius 2 is 1.67 bits per heavy atom. The minimum absolute atomic E-state index is 0.227. The van der Waals surface area contributed by atoms with Crippen molar-refractivity contribution in [3.63, 3.8) is 0 Å². The van der Waals surface area contributed by atoms with Crippen LogP contribution in [-0.4, -0.2) is 21.0 Å². The van der Waals surface area contributed by atoms with Crippen LogP contribution < -0.4 is 16.0 Å². The summed E-state index contributed by atoms with van der Waals surface area (Å²) in [6.45, 7) is 5.77. The molecule has 144 valence electrons. The van der Waals surface area contributed by atoms with E-state index in [1.165, 1.54) is 0 Å². The maximum absolute atomic E-state index is 12.6. The number of aryl methyl sites for hydroxylation is 3. The zero-order chi connectivity index (χ0) is 20.2. The summed E-state index contributed by atoms with van der Waals surface area (Å²) in [5.74, 6) is -0.369. The lowest BCUT2D eigenvalue weighted by Crippen LogP contribution is -2.56. The zero-order valence-electron chi connectivity index (χ0n) is 15.1. The van der Waals surface area contributed by atoms with Crippen LogP contribution in [0.25, 0.3) is 0 Å². The molecular weight excluding hydrogens is 425 g/mol. The second kappa shape index (κ2) is 9.11. The molecule has 0 saturated carbocycles. The Morgan fingerprint density at radius 3 is 2.30 bits per heavy atom. The first-order valence-corrected chi connectivity index (χ1v) is 9.70. The number of benzene rings is 2. The normalized spacial score (nSPS) is 12.2. The highest BCUT2D eigenvalue weighted by Crippen LogP contribution is 2.29. The molecule has 0 radical (unpaired) electrons. The van der Waals surface area contributed by atoms with Crippen LogP contribution in [0.4, 0.5) is 5.69 Å². The van der Waals surface area contributed by atoms with Gasteiger partial charge in [-0.25, -0.2) is 0 Å². The second-order valence-corrected chi connectivity index (χ2v) is 8.96. The minimum atomic E-state index is -1.81. The van der Waals surface area contributed by atoms with Gasteiger partial charge in [0.2, 0.25) is 3.79 Å². The van der Waals surface area contributed by atoms with Crippen molar-refractivity contribution in [3.8, 4) is 0 Å². The summed E-state index contributed by atoms with van der Waals surface area (Å²) in [5, 5.41) is 8.85. The zero-order valence-corrected chi connectivity index (χ0v) is 18.2. The Labute approximate surface area is 179 Å². The molecule has 0 aliphatic rings. The van der Waals surface area contributed by atoms with Gasteiger partial charge in [-0.15, -0.1) is 0 Å². The molecule has 2 aromatic carbocycles. The Kier molecular flexibility index (Phi) is 7.34. The van der Waals surface area contributed by atoms with Crippen molar-refractivity contribution in [2.24, 2.45) is 0 Å². The van der Waals surface area contributed by atoms with Crippen LogP contribution in [0.3, 0.4) is 0 Å². The van der Waals surface area contributed by atoms with Crippen molar-refractivity contribution >= 4 is 63.7 Å². The van der Waals surface area contributed by atoms with Crippen molar-refractivity contribution in [1.29, 1.82) is 0 Å². The van der Waals surface area contributed by atoms with E-state index in [1.807, 2.05) is 51.1 Å². The van der Waals surface area contributed by atoms with Crippen molar-refractivity contribution in [2.75, 3.05) is 5.32 Å². The van der Waals surface area contributed by atoms with E-state index in [-0.39, 0.29) is 11.0 Å². The maximum atomic E-state index is 12.6. The molecule has 2 rings (SSSR count). The molecule has 0 fully saturated rings. The fourth-order valence-corrected chi connectivity index (χ4v) is 2.95. The number of anilines is 1. The number of alkyl halides is 3. The van der Waals surface area contributed by atoms with Crippen LogP contribution in [0, 0.1) is 20.8 Å². The van der Waals surface area contributed by atoms with Crippen molar-refractivity contribution < 1.29 is 4.79 Å². The molecule has 3 N–H and O–H groups in total. The van der Waals surface area contributed by atoms with E-state index in [9.17, 15) is 4.79 Å². The van der Waals surface area contributed by atoms with Gasteiger partial charge in [0.1, 0.15) is 6.17 Å². The first-order valence-electron chi connectivity index (χ1n) is 8.16. The molecule has 4 nitrogen and oxygen atoms in total. The molecule has 0 bridgehead atoms. The second-order valence-electron chi connectivity index (χ2n) is 6.18. The van der Waals surface area contributed by atoms with Crippen LogP contribution in [0.1, 0.15) is 27.0 Å². The van der Waals surface area contributed by atoms with E-state index >= 15 is 0 Å². The van der Waals surface area contributed by atoms with E-state index in [4.69, 9.17) is 47.0 Å². The molecule has 8 heteroatoms. The van der Waals surface area contributed by atoms with Gasteiger partial charge in [-0.05, 0) is 61.8 Å². The van der Waals surface area contributed by atoms with E-state index in [1.54, 1.807) is 12.1 Å². The average Bonchev–Trinajstić information content (AvgIpc) is 2.57. The Balaban J connectivity index is 2.12. The van der Waals surface area contributed by atoms with Gasteiger partial charge in [0.15, 0.2) is 5.11 Å². The monoisotopic (exact) mass is 443 g/mol. The third-order valence-corrected chi connectivity index (χ3v) is 4.78. The Hall–Kier alpha value is -1.53. The molecule has 0 aliphatic heterocycles. The standard InChI is InChI=1S/C19H20Cl3N3OS/c1-11-8-9-13(3)15(10-11)23-18(27)25-17(19(20,21)22)24-16(26)14-7-5-4-6-12(14)2/h4-10,17H,1-3H3,(H,24,26)(H2,23,25,27). The average molecular weight is 445 g/mol. The number of thiocarbonyl (C=S) groups is 1. The molecule has 0 spiro atoms. The fourth-order valence-electron chi connectivity index (χ4n) is 2.40. The van der Waals surface area contributed by atoms with Crippen LogP contribution in [0.2, 0.25) is 0 Å². The summed E-state index contributed by atoms with van der Waals surface area (Å²) >= 11 is 23.5. The van der Waals surface area contributed by atoms with Crippen molar-refractivity contribution in [3.05, 3.63) is 64.7 Å². The number of carbonyl (C=O) groups is 1. The van der Waals surface area contributed by atoms with E-state index < -0.39 is 9.96 Å². The molecule has 1 unspecified atom stereocenters. The number of halogens is 3. The summed E-state index contributed by atoms with van der Waals surface area (Å²) < 4.78 is -1.81. The molecule has 1 atom stereocenters. The van der Waals surface area contributed by atoms with Gasteiger partial charge in [0, 0.05) is 11.3 Å². The topological polar surface area (TPSA) is 53.2 Å². The highest BCUT2D eigenvalue weighted by Gasteiger charge is 2.35. The third kappa shape index (κ3) is 6.25. The molecule has 2 aromatic rings. The largest absolute Gasteiger partial charge is 0.339 e. The predicted molar refractivity (Wildman–Crippen MR) is 118 cm³/mol. The number of hydrogen-bond acceptors (Lipinski definition) is 2. The lowest BCUT2D eigenvalue weighted by Gasteiger charge is -2.28. The molecule has 0 saturated heterocycles. The molecule has 0 aromatic heterocycles. The number of rotatable bonds is 4. The number of nitrogens with one attached hydrogen (secondary N) is 3. The van der Waals surface area contributed by atoms with E-state index in [0.717, 1.165) is 22.4 Å². The lowest BCUT2D eigenvalue weighted by atomic mass is 10.1. The van der Waals surface area contributed by atoms with E-state index in [2.05, 4.69) is 16.0 Å². The Morgan fingerprint density at radius 1 is 1.00 bits per heavy atom. The molecule has 0 heterocycles. The smallest absolute Gasteiger partial charge is 0.253 e. The quantitative estimate of drug-likeness (QED) is 0.352. The van der Waals surface area contributed by atoms with Crippen molar-refractivity contribution in [2.45, 2.75) is 30.7 Å². The summed E-state index contributed by atoms with van der Waals surface area (Å²) in [4.78, 5) is 12.6. The lowest BCUT2D eigenvalue weighted by molar-refractivity contribution is 0.0934. The van der Waals surface area contributed by atoms with Gasteiger partial charge in [0.05, 0.1) is 0 Å². The van der Waals surface area contributed by atoms with Crippen LogP contribution >= 0.6 is 47.0 Å². The van der Waals surface area contributed by atoms with Crippen LogP contribution in [0.15, 0.2) is 42.5 Å². The summed E-state index contributed by atoms with van der Waals surface area (Å²) in [6.07, 6.45) is -1.03. The predicted octanol–water partition coefficient (Wildman–Crippen LogP) is 5.02. The summed E-state index contributed by atoms with van der Waals surface area (Å²) in [6, 6.07) is 13.1. The fraction of sp³-hybridized carbons (Fsp3) is 0.263. The highest BCUT2D eigenvalue weighted by atomic mass is 35.6. The molecular formula is C19H20Cl3N3OS.